The van der Waals surface area contributed by atoms with E-state index in [-0.39, 0.29) is 4.90 Å². The van der Waals surface area contributed by atoms with Gasteiger partial charge in [0.1, 0.15) is 0 Å². The van der Waals surface area contributed by atoms with Gasteiger partial charge in [0.2, 0.25) is 0 Å². The molecule has 0 N–H and O–H groups in total. The Kier molecular flexibility index (Phi) is 4.10. The van der Waals surface area contributed by atoms with Gasteiger partial charge in [-0.2, -0.15) is 0 Å². The summed E-state index contributed by atoms with van der Waals surface area (Å²) in [5.41, 5.74) is 2.20. The van der Waals surface area contributed by atoms with Crippen molar-refractivity contribution in [3.63, 3.8) is 0 Å². The third kappa shape index (κ3) is 3.34. The summed E-state index contributed by atoms with van der Waals surface area (Å²) in [6.45, 7) is 0. The quantitative estimate of drug-likeness (QED) is 0.789. The van der Waals surface area contributed by atoms with Gasteiger partial charge in [-0.15, -0.1) is 0 Å². The van der Waals surface area contributed by atoms with Gasteiger partial charge in [-0.1, -0.05) is 36.4 Å². The smallest absolute Gasteiger partial charge is 0.207 e. The van der Waals surface area contributed by atoms with E-state index < -0.39 is 9.05 Å². The molecule has 94 valence electrons. The highest BCUT2D eigenvalue weighted by molar-refractivity contribution is 9.10. The number of benzene rings is 2. The molecule has 0 atom stereocenters. The van der Waals surface area contributed by atoms with Gasteiger partial charge < -0.3 is 0 Å². The predicted octanol–water partition coefficient (Wildman–Crippen LogP) is 3.97. The maximum absolute atomic E-state index is 11.3. The van der Waals surface area contributed by atoms with Crippen LogP contribution in [0.2, 0.25) is 0 Å². The van der Waals surface area contributed by atoms with Crippen molar-refractivity contribution < 1.29 is 8.42 Å². The Labute approximate surface area is 119 Å². The van der Waals surface area contributed by atoms with Gasteiger partial charge in [-0.05, 0) is 45.6 Å². The van der Waals surface area contributed by atoms with E-state index in [1.807, 2.05) is 30.3 Å². The average molecular weight is 346 g/mol. The molecular formula is C13H10BrClO2S. The van der Waals surface area contributed by atoms with Crippen molar-refractivity contribution in [1.82, 2.24) is 0 Å². The van der Waals surface area contributed by atoms with Crippen LogP contribution in [0.25, 0.3) is 0 Å². The van der Waals surface area contributed by atoms with Crippen molar-refractivity contribution in [2.75, 3.05) is 0 Å². The van der Waals surface area contributed by atoms with Gasteiger partial charge in [0.05, 0.1) is 4.90 Å². The molecule has 0 spiro atoms. The third-order valence-corrected chi connectivity index (χ3v) is 4.81. The highest BCUT2D eigenvalue weighted by Gasteiger charge is 2.14. The van der Waals surface area contributed by atoms with Crippen molar-refractivity contribution >= 4 is 35.7 Å². The van der Waals surface area contributed by atoms with Crippen molar-refractivity contribution in [3.05, 3.63) is 64.1 Å². The minimum Gasteiger partial charge on any atom is -0.207 e. The molecule has 2 aromatic carbocycles. The number of rotatable bonds is 3. The molecule has 2 aromatic rings. The molecule has 0 heterocycles. The average Bonchev–Trinajstić information content (AvgIpc) is 2.28. The Morgan fingerprint density at radius 2 is 1.67 bits per heavy atom. The van der Waals surface area contributed by atoms with E-state index in [4.69, 9.17) is 10.7 Å². The fraction of sp³-hybridized carbons (Fsp3) is 0.0769. The minimum absolute atomic E-state index is 0.0981. The van der Waals surface area contributed by atoms with Crippen molar-refractivity contribution in [3.8, 4) is 0 Å². The molecule has 0 fully saturated rings. The van der Waals surface area contributed by atoms with Crippen LogP contribution in [0.3, 0.4) is 0 Å². The summed E-state index contributed by atoms with van der Waals surface area (Å²) in [5.74, 6) is 0. The second kappa shape index (κ2) is 5.43. The van der Waals surface area contributed by atoms with Crippen molar-refractivity contribution in [2.24, 2.45) is 0 Å². The second-order valence-electron chi connectivity index (χ2n) is 3.86. The van der Waals surface area contributed by atoms with Crippen LogP contribution >= 0.6 is 26.6 Å². The molecule has 5 heteroatoms. The fourth-order valence-corrected chi connectivity index (χ4v) is 3.95. The van der Waals surface area contributed by atoms with Crippen LogP contribution in [0.1, 0.15) is 11.1 Å². The molecule has 0 aromatic heterocycles. The van der Waals surface area contributed by atoms with Crippen molar-refractivity contribution in [2.45, 2.75) is 11.3 Å². The molecule has 0 saturated carbocycles. The molecule has 0 radical (unpaired) electrons. The van der Waals surface area contributed by atoms with Crippen LogP contribution in [-0.2, 0) is 15.5 Å². The SMILES string of the molecule is O=S(=O)(Cl)c1ccc(Cc2ccccc2)cc1Br. The van der Waals surface area contributed by atoms with Gasteiger partial charge >= 0.3 is 0 Å². The van der Waals surface area contributed by atoms with Gasteiger partial charge in [0.15, 0.2) is 0 Å². The zero-order valence-corrected chi connectivity index (χ0v) is 12.5. The lowest BCUT2D eigenvalue weighted by Gasteiger charge is -2.05. The number of hydrogen-bond acceptors (Lipinski definition) is 2. The highest BCUT2D eigenvalue weighted by atomic mass is 79.9. The molecule has 18 heavy (non-hydrogen) atoms. The van der Waals surface area contributed by atoms with Crippen LogP contribution in [0.4, 0.5) is 0 Å². The Balaban J connectivity index is 2.30. The maximum atomic E-state index is 11.3. The van der Waals surface area contributed by atoms with E-state index in [0.717, 1.165) is 12.0 Å². The molecule has 0 unspecified atom stereocenters. The van der Waals surface area contributed by atoms with Crippen LogP contribution in [0, 0.1) is 0 Å². The minimum atomic E-state index is -3.70. The van der Waals surface area contributed by atoms with Gasteiger partial charge in [0.25, 0.3) is 9.05 Å². The predicted molar refractivity (Wildman–Crippen MR) is 76.4 cm³/mol. The van der Waals surface area contributed by atoms with Crippen LogP contribution in [0.5, 0.6) is 0 Å². The number of halogens is 2. The first-order valence-corrected chi connectivity index (χ1v) is 8.34. The lowest BCUT2D eigenvalue weighted by Crippen LogP contribution is -1.94. The Morgan fingerprint density at radius 1 is 1.00 bits per heavy atom. The molecule has 2 nitrogen and oxygen atoms in total. The van der Waals surface area contributed by atoms with Crippen LogP contribution < -0.4 is 0 Å². The third-order valence-electron chi connectivity index (χ3n) is 2.51. The molecule has 0 aliphatic rings. The largest absolute Gasteiger partial charge is 0.262 e. The van der Waals surface area contributed by atoms with Crippen molar-refractivity contribution in [1.29, 1.82) is 0 Å². The van der Waals surface area contributed by atoms with Crippen LogP contribution in [0.15, 0.2) is 57.9 Å². The first kappa shape index (κ1) is 13.6. The highest BCUT2D eigenvalue weighted by Crippen LogP contribution is 2.26. The lowest BCUT2D eigenvalue weighted by atomic mass is 10.1. The Hall–Kier alpha value is -0.840. The van der Waals surface area contributed by atoms with E-state index >= 15 is 0 Å². The van der Waals surface area contributed by atoms with E-state index in [2.05, 4.69) is 15.9 Å². The van der Waals surface area contributed by atoms with Gasteiger partial charge in [0, 0.05) is 15.2 Å². The van der Waals surface area contributed by atoms with E-state index in [0.29, 0.717) is 4.47 Å². The molecule has 0 aliphatic heterocycles. The molecule has 2 rings (SSSR count). The monoisotopic (exact) mass is 344 g/mol. The maximum Gasteiger partial charge on any atom is 0.262 e. The standard InChI is InChI=1S/C13H10BrClO2S/c14-12-9-11(6-7-13(12)18(15,16)17)8-10-4-2-1-3-5-10/h1-7,9H,8H2. The topological polar surface area (TPSA) is 34.1 Å². The van der Waals surface area contributed by atoms with E-state index in [1.165, 1.54) is 11.6 Å². The first-order valence-electron chi connectivity index (χ1n) is 5.24. The molecule has 0 saturated heterocycles. The Morgan fingerprint density at radius 3 is 2.22 bits per heavy atom. The molecule has 0 amide bonds. The lowest BCUT2D eigenvalue weighted by molar-refractivity contribution is 0.609. The summed E-state index contributed by atoms with van der Waals surface area (Å²) in [4.78, 5) is 0.0981. The summed E-state index contributed by atoms with van der Waals surface area (Å²) >= 11 is 3.23. The fourth-order valence-electron chi connectivity index (χ4n) is 1.68. The normalized spacial score (nSPS) is 11.4. The molecule has 0 bridgehead atoms. The molecule has 0 aliphatic carbocycles. The zero-order chi connectivity index (χ0) is 13.2. The molecular weight excluding hydrogens is 336 g/mol. The van der Waals surface area contributed by atoms with Gasteiger partial charge in [-0.3, -0.25) is 0 Å². The number of hydrogen-bond donors (Lipinski definition) is 0. The van der Waals surface area contributed by atoms with E-state index in [1.54, 1.807) is 12.1 Å². The summed E-state index contributed by atoms with van der Waals surface area (Å²) in [6, 6.07) is 15.0. The summed E-state index contributed by atoms with van der Waals surface area (Å²) < 4.78 is 23.0. The van der Waals surface area contributed by atoms with E-state index in [9.17, 15) is 8.42 Å². The summed E-state index contributed by atoms with van der Waals surface area (Å²) in [7, 11) is 1.62. The first-order chi connectivity index (χ1) is 8.47. The Bertz CT molecular complexity index is 654. The summed E-state index contributed by atoms with van der Waals surface area (Å²) in [5, 5.41) is 0. The second-order valence-corrected chi connectivity index (χ2v) is 7.25. The zero-order valence-electron chi connectivity index (χ0n) is 9.31. The van der Waals surface area contributed by atoms with Gasteiger partial charge in [-0.25, -0.2) is 8.42 Å². The van der Waals surface area contributed by atoms with Crippen LogP contribution in [-0.4, -0.2) is 8.42 Å². The summed E-state index contributed by atoms with van der Waals surface area (Å²) in [6.07, 6.45) is 0.752.